The highest BCUT2D eigenvalue weighted by Crippen LogP contribution is 2.27. The second kappa shape index (κ2) is 7.50. The van der Waals surface area contributed by atoms with E-state index in [-0.39, 0.29) is 5.91 Å². The molecular weight excluding hydrogens is 286 g/mol. The molecule has 0 radical (unpaired) electrons. The summed E-state index contributed by atoms with van der Waals surface area (Å²) in [5.41, 5.74) is 1.44. The van der Waals surface area contributed by atoms with Crippen molar-refractivity contribution < 1.29 is 14.7 Å². The molecule has 1 heterocycles. The molecule has 0 saturated carbocycles. The smallest absolute Gasteiger partial charge is 0.335 e. The van der Waals surface area contributed by atoms with Crippen molar-refractivity contribution in [3.63, 3.8) is 0 Å². The van der Waals surface area contributed by atoms with Gasteiger partial charge in [0.1, 0.15) is 0 Å². The molecule has 5 heteroatoms. The van der Waals surface area contributed by atoms with Gasteiger partial charge in [-0.15, -0.1) is 0 Å². The number of aromatic carboxylic acids is 1. The zero-order valence-electron chi connectivity index (χ0n) is 12.2. The number of carbonyl (C=O) groups is 2. The first-order valence-corrected chi connectivity index (χ1v) is 8.61. The van der Waals surface area contributed by atoms with Crippen LogP contribution in [0.3, 0.4) is 0 Å². The average molecular weight is 307 g/mol. The van der Waals surface area contributed by atoms with Crippen LogP contribution in [0.15, 0.2) is 24.3 Å². The number of hydrogen-bond acceptors (Lipinski definition) is 3. The van der Waals surface area contributed by atoms with Crippen molar-refractivity contribution in [2.24, 2.45) is 0 Å². The van der Waals surface area contributed by atoms with Crippen LogP contribution in [0.25, 0.3) is 0 Å². The van der Waals surface area contributed by atoms with E-state index in [1.54, 1.807) is 23.9 Å². The van der Waals surface area contributed by atoms with Crippen molar-refractivity contribution in [2.45, 2.75) is 25.2 Å². The monoisotopic (exact) mass is 307 g/mol. The number of carboxylic acid groups (broad SMARTS) is 1. The Balaban J connectivity index is 2.00. The summed E-state index contributed by atoms with van der Waals surface area (Å²) >= 11 is 1.69. The van der Waals surface area contributed by atoms with Crippen LogP contribution in [0.5, 0.6) is 0 Å². The zero-order valence-corrected chi connectivity index (χ0v) is 13.1. The number of rotatable bonds is 5. The minimum atomic E-state index is -0.904. The van der Waals surface area contributed by atoms with Crippen molar-refractivity contribution >= 4 is 23.6 Å². The number of hydrogen-bond donors (Lipinski definition) is 1. The van der Waals surface area contributed by atoms with E-state index < -0.39 is 5.97 Å². The van der Waals surface area contributed by atoms with Crippen LogP contribution in [-0.4, -0.2) is 47.0 Å². The molecule has 1 unspecified atom stereocenters. The molecule has 1 atom stereocenters. The molecule has 4 nitrogen and oxygen atoms in total. The van der Waals surface area contributed by atoms with Gasteiger partial charge in [-0.1, -0.05) is 12.1 Å². The summed E-state index contributed by atoms with van der Waals surface area (Å²) in [5.74, 6) is 0.517. The van der Waals surface area contributed by atoms with Crippen molar-refractivity contribution in [1.29, 1.82) is 0 Å². The van der Waals surface area contributed by atoms with Crippen LogP contribution >= 0.6 is 11.8 Å². The van der Waals surface area contributed by atoms with E-state index in [2.05, 4.69) is 0 Å². The topological polar surface area (TPSA) is 57.6 Å². The minimum absolute atomic E-state index is 0.233. The maximum absolute atomic E-state index is 12.1. The highest BCUT2D eigenvalue weighted by molar-refractivity contribution is 7.98. The summed E-state index contributed by atoms with van der Waals surface area (Å²) < 4.78 is 0. The molecular formula is C16H21NO3S. The first-order valence-electron chi connectivity index (χ1n) is 7.21. The second-order valence-corrected chi connectivity index (χ2v) is 6.33. The fourth-order valence-corrected chi connectivity index (χ4v) is 3.10. The minimum Gasteiger partial charge on any atom is -0.478 e. The first kappa shape index (κ1) is 15.9. The number of benzene rings is 1. The number of likely N-dealkylation sites (tertiary alicyclic amines) is 1. The van der Waals surface area contributed by atoms with Crippen molar-refractivity contribution in [2.75, 3.05) is 25.1 Å². The van der Waals surface area contributed by atoms with Crippen LogP contribution in [0.4, 0.5) is 0 Å². The molecule has 114 valence electrons. The summed E-state index contributed by atoms with van der Waals surface area (Å²) in [4.78, 5) is 24.9. The highest BCUT2D eigenvalue weighted by Gasteiger charge is 2.24. The van der Waals surface area contributed by atoms with Crippen molar-refractivity contribution in [3.05, 3.63) is 35.4 Å². The number of carbonyl (C=O) groups excluding carboxylic acids is 1. The second-order valence-electron chi connectivity index (χ2n) is 5.35. The van der Waals surface area contributed by atoms with Gasteiger partial charge in [0, 0.05) is 31.2 Å². The normalized spacial score (nSPS) is 18.5. The van der Waals surface area contributed by atoms with Gasteiger partial charge in [-0.2, -0.15) is 11.8 Å². The first-order chi connectivity index (χ1) is 10.1. The van der Waals surface area contributed by atoms with Crippen LogP contribution in [0.2, 0.25) is 0 Å². The summed E-state index contributed by atoms with van der Waals surface area (Å²) in [5, 5.41) is 8.93. The van der Waals surface area contributed by atoms with Gasteiger partial charge in [0.15, 0.2) is 0 Å². The molecule has 1 aliphatic heterocycles. The molecule has 1 amide bonds. The van der Waals surface area contributed by atoms with E-state index in [0.717, 1.165) is 37.2 Å². The molecule has 1 aromatic carbocycles. The lowest BCUT2D eigenvalue weighted by Gasteiger charge is -2.33. The fraction of sp³-hybridized carbons (Fsp3) is 0.500. The summed E-state index contributed by atoms with van der Waals surface area (Å²) in [6.07, 6.45) is 4.68. The molecule has 21 heavy (non-hydrogen) atoms. The van der Waals surface area contributed by atoms with Crippen LogP contribution in [0, 0.1) is 0 Å². The number of amides is 1. The quantitative estimate of drug-likeness (QED) is 0.909. The number of piperidine rings is 1. The zero-order chi connectivity index (χ0) is 15.2. The van der Waals surface area contributed by atoms with E-state index in [1.807, 2.05) is 23.3 Å². The SMILES string of the molecule is CSCCC(=O)N1CCCC(c2ccc(C(=O)O)cc2)C1. The van der Waals surface area contributed by atoms with Gasteiger partial charge in [0.05, 0.1) is 5.56 Å². The standard InChI is InChI=1S/C16H21NO3S/c1-21-10-8-15(18)17-9-2-3-14(11-17)12-4-6-13(7-5-12)16(19)20/h4-7,14H,2-3,8-11H2,1H3,(H,19,20). The Bertz CT molecular complexity index is 501. The Morgan fingerprint density at radius 2 is 2.05 bits per heavy atom. The third-order valence-electron chi connectivity index (χ3n) is 3.92. The van der Waals surface area contributed by atoms with Gasteiger partial charge in [0.25, 0.3) is 0 Å². The summed E-state index contributed by atoms with van der Waals surface area (Å²) in [6, 6.07) is 7.05. The van der Waals surface area contributed by atoms with Gasteiger partial charge >= 0.3 is 5.97 Å². The van der Waals surface area contributed by atoms with E-state index in [9.17, 15) is 9.59 Å². The third kappa shape index (κ3) is 4.24. The third-order valence-corrected chi connectivity index (χ3v) is 4.54. The molecule has 0 spiro atoms. The lowest BCUT2D eigenvalue weighted by molar-refractivity contribution is -0.131. The summed E-state index contributed by atoms with van der Waals surface area (Å²) in [7, 11) is 0. The Hall–Kier alpha value is -1.49. The molecule has 2 rings (SSSR count). The average Bonchev–Trinajstić information content (AvgIpc) is 2.52. The number of nitrogens with zero attached hydrogens (tertiary/aromatic N) is 1. The maximum Gasteiger partial charge on any atom is 0.335 e. The predicted octanol–water partition coefficient (Wildman–Crippen LogP) is 2.84. The molecule has 1 fully saturated rings. The van der Waals surface area contributed by atoms with E-state index in [4.69, 9.17) is 5.11 Å². The Labute approximate surface area is 129 Å². The Morgan fingerprint density at radius 3 is 2.67 bits per heavy atom. The predicted molar refractivity (Wildman–Crippen MR) is 85.0 cm³/mol. The van der Waals surface area contributed by atoms with Gasteiger partial charge in [-0.05, 0) is 36.8 Å². The van der Waals surface area contributed by atoms with Crippen LogP contribution in [-0.2, 0) is 4.79 Å². The fourth-order valence-electron chi connectivity index (χ4n) is 2.72. The van der Waals surface area contributed by atoms with Gasteiger partial charge < -0.3 is 10.0 Å². The lowest BCUT2D eigenvalue weighted by Crippen LogP contribution is -2.39. The van der Waals surface area contributed by atoms with Crippen LogP contribution in [0.1, 0.15) is 41.1 Å². The number of carboxylic acids is 1. The van der Waals surface area contributed by atoms with E-state index in [1.165, 1.54) is 0 Å². The van der Waals surface area contributed by atoms with Gasteiger partial charge in [0.2, 0.25) is 5.91 Å². The van der Waals surface area contributed by atoms with E-state index in [0.29, 0.717) is 17.9 Å². The molecule has 1 N–H and O–H groups in total. The molecule has 0 bridgehead atoms. The largest absolute Gasteiger partial charge is 0.478 e. The maximum atomic E-state index is 12.1. The highest BCUT2D eigenvalue weighted by atomic mass is 32.2. The van der Waals surface area contributed by atoms with Gasteiger partial charge in [-0.25, -0.2) is 4.79 Å². The molecule has 0 aromatic heterocycles. The Kier molecular flexibility index (Phi) is 5.67. The summed E-state index contributed by atoms with van der Waals surface area (Å²) in [6.45, 7) is 1.59. The van der Waals surface area contributed by atoms with Crippen LogP contribution < -0.4 is 0 Å². The molecule has 1 aliphatic rings. The molecule has 1 saturated heterocycles. The van der Waals surface area contributed by atoms with E-state index >= 15 is 0 Å². The number of thioether (sulfide) groups is 1. The molecule has 1 aromatic rings. The lowest BCUT2D eigenvalue weighted by atomic mass is 9.90. The Morgan fingerprint density at radius 1 is 1.33 bits per heavy atom. The van der Waals surface area contributed by atoms with Crippen molar-refractivity contribution in [1.82, 2.24) is 4.90 Å². The van der Waals surface area contributed by atoms with Gasteiger partial charge in [-0.3, -0.25) is 4.79 Å². The molecule has 0 aliphatic carbocycles. The van der Waals surface area contributed by atoms with Crippen molar-refractivity contribution in [3.8, 4) is 0 Å².